The van der Waals surface area contributed by atoms with Gasteiger partial charge in [0.1, 0.15) is 11.5 Å². The van der Waals surface area contributed by atoms with E-state index in [4.69, 9.17) is 5.73 Å². The molecule has 2 heterocycles. The quantitative estimate of drug-likeness (QED) is 0.736. The predicted octanol–water partition coefficient (Wildman–Crippen LogP) is 0.844. The molecule has 6 heteroatoms. The highest BCUT2D eigenvalue weighted by atomic mass is 16.1. The van der Waals surface area contributed by atoms with Crippen LogP contribution in [0.25, 0.3) is 0 Å². The lowest BCUT2D eigenvalue weighted by Crippen LogP contribution is -2.38. The van der Waals surface area contributed by atoms with Gasteiger partial charge in [0, 0.05) is 19.2 Å². The molecule has 0 aliphatic carbocycles. The van der Waals surface area contributed by atoms with Crippen molar-refractivity contribution in [2.24, 2.45) is 5.92 Å². The molecule has 1 saturated heterocycles. The van der Waals surface area contributed by atoms with Crippen molar-refractivity contribution in [1.29, 1.82) is 0 Å². The maximum Gasteiger partial charge on any atom is 0.269 e. The number of aromatic amines is 1. The van der Waals surface area contributed by atoms with Crippen LogP contribution in [0.4, 0.5) is 5.82 Å². The first-order valence-corrected chi connectivity index (χ1v) is 6.96. The van der Waals surface area contributed by atoms with Gasteiger partial charge in [-0.2, -0.15) is 5.10 Å². The lowest BCUT2D eigenvalue weighted by atomic mass is 10.1. The summed E-state index contributed by atoms with van der Waals surface area (Å²) in [5.41, 5.74) is 5.89. The van der Waals surface area contributed by atoms with Crippen LogP contribution in [0, 0.1) is 5.92 Å². The normalized spacial score (nSPS) is 18.2. The van der Waals surface area contributed by atoms with Crippen LogP contribution in [0.1, 0.15) is 36.7 Å². The van der Waals surface area contributed by atoms with Crippen LogP contribution in [0.15, 0.2) is 6.07 Å². The van der Waals surface area contributed by atoms with Crippen molar-refractivity contribution in [1.82, 2.24) is 20.4 Å². The summed E-state index contributed by atoms with van der Waals surface area (Å²) < 4.78 is 0. The molecule has 1 aliphatic heterocycles. The molecular formula is C13H23N5O. The topological polar surface area (TPSA) is 87.0 Å². The van der Waals surface area contributed by atoms with Crippen molar-refractivity contribution in [3.8, 4) is 0 Å². The molecule has 0 saturated carbocycles. The number of likely N-dealkylation sites (tertiary alicyclic amines) is 1. The van der Waals surface area contributed by atoms with Crippen molar-refractivity contribution in [2.75, 3.05) is 31.9 Å². The van der Waals surface area contributed by atoms with E-state index >= 15 is 0 Å². The number of nitrogen functional groups attached to an aromatic ring is 1. The van der Waals surface area contributed by atoms with Gasteiger partial charge in [-0.05, 0) is 31.8 Å². The number of rotatable bonds is 5. The molecule has 1 fully saturated rings. The first-order valence-electron chi connectivity index (χ1n) is 6.96. The average Bonchev–Trinajstić information content (AvgIpc) is 2.84. The SMILES string of the molecule is CC(CNC(=O)c1cc(N)n[nH]1)CN1CCCCC1. The molecular weight excluding hydrogens is 242 g/mol. The average molecular weight is 265 g/mol. The minimum absolute atomic E-state index is 0.144. The Kier molecular flexibility index (Phi) is 4.79. The van der Waals surface area contributed by atoms with Gasteiger partial charge >= 0.3 is 0 Å². The Morgan fingerprint density at radius 2 is 2.26 bits per heavy atom. The Morgan fingerprint density at radius 3 is 2.89 bits per heavy atom. The third-order valence-corrected chi connectivity index (χ3v) is 3.47. The van der Waals surface area contributed by atoms with Crippen LogP contribution in [-0.4, -0.2) is 47.2 Å². The number of aromatic nitrogens is 2. The van der Waals surface area contributed by atoms with Crippen molar-refractivity contribution >= 4 is 11.7 Å². The monoisotopic (exact) mass is 265 g/mol. The fourth-order valence-electron chi connectivity index (χ4n) is 2.46. The Bertz CT molecular complexity index is 411. The molecule has 1 aliphatic rings. The molecule has 1 atom stereocenters. The summed E-state index contributed by atoms with van der Waals surface area (Å²) >= 11 is 0. The second kappa shape index (κ2) is 6.56. The van der Waals surface area contributed by atoms with E-state index in [1.165, 1.54) is 32.4 Å². The van der Waals surface area contributed by atoms with Gasteiger partial charge in [0.05, 0.1) is 0 Å². The van der Waals surface area contributed by atoms with Crippen LogP contribution in [-0.2, 0) is 0 Å². The lowest BCUT2D eigenvalue weighted by molar-refractivity contribution is 0.0937. The van der Waals surface area contributed by atoms with E-state index in [-0.39, 0.29) is 5.91 Å². The highest BCUT2D eigenvalue weighted by Gasteiger charge is 2.15. The number of carbonyl (C=O) groups is 1. The zero-order valence-electron chi connectivity index (χ0n) is 11.5. The Morgan fingerprint density at radius 1 is 1.53 bits per heavy atom. The summed E-state index contributed by atoms with van der Waals surface area (Å²) in [4.78, 5) is 14.3. The number of amides is 1. The van der Waals surface area contributed by atoms with E-state index in [0.717, 1.165) is 6.54 Å². The van der Waals surface area contributed by atoms with Gasteiger partial charge in [0.15, 0.2) is 0 Å². The molecule has 1 amide bonds. The molecule has 6 nitrogen and oxygen atoms in total. The summed E-state index contributed by atoms with van der Waals surface area (Å²) in [6, 6.07) is 1.55. The van der Waals surface area contributed by atoms with E-state index in [9.17, 15) is 4.79 Å². The summed E-state index contributed by atoms with van der Waals surface area (Å²) in [6.07, 6.45) is 3.95. The number of nitrogens with two attached hydrogens (primary N) is 1. The summed E-state index contributed by atoms with van der Waals surface area (Å²) in [5.74, 6) is 0.642. The smallest absolute Gasteiger partial charge is 0.269 e. The van der Waals surface area contributed by atoms with E-state index in [2.05, 4.69) is 27.3 Å². The minimum atomic E-state index is -0.144. The summed E-state index contributed by atoms with van der Waals surface area (Å²) in [6.45, 7) is 6.26. The molecule has 0 aromatic carbocycles. The largest absolute Gasteiger partial charge is 0.382 e. The van der Waals surface area contributed by atoms with Gasteiger partial charge in [0.25, 0.3) is 5.91 Å². The van der Waals surface area contributed by atoms with Crippen LogP contribution >= 0.6 is 0 Å². The van der Waals surface area contributed by atoms with Crippen LogP contribution < -0.4 is 11.1 Å². The second-order valence-electron chi connectivity index (χ2n) is 5.38. The molecule has 4 N–H and O–H groups in total. The summed E-state index contributed by atoms with van der Waals surface area (Å²) in [5, 5.41) is 9.26. The highest BCUT2D eigenvalue weighted by molar-refractivity contribution is 5.92. The van der Waals surface area contributed by atoms with Gasteiger partial charge in [-0.3, -0.25) is 9.89 Å². The zero-order chi connectivity index (χ0) is 13.7. The maximum absolute atomic E-state index is 11.8. The van der Waals surface area contributed by atoms with Gasteiger partial charge in [-0.25, -0.2) is 0 Å². The van der Waals surface area contributed by atoms with E-state index in [1.54, 1.807) is 6.07 Å². The molecule has 0 radical (unpaired) electrons. The number of hydrogen-bond acceptors (Lipinski definition) is 4. The minimum Gasteiger partial charge on any atom is -0.382 e. The van der Waals surface area contributed by atoms with Crippen molar-refractivity contribution in [3.05, 3.63) is 11.8 Å². The van der Waals surface area contributed by atoms with Gasteiger partial charge < -0.3 is 16.0 Å². The molecule has 106 valence electrons. The van der Waals surface area contributed by atoms with Gasteiger partial charge in [-0.1, -0.05) is 13.3 Å². The predicted molar refractivity (Wildman–Crippen MR) is 74.8 cm³/mol. The van der Waals surface area contributed by atoms with Crippen LogP contribution in [0.2, 0.25) is 0 Å². The van der Waals surface area contributed by atoms with E-state index in [1.807, 2.05) is 0 Å². The zero-order valence-corrected chi connectivity index (χ0v) is 11.5. The number of nitrogens with zero attached hydrogens (tertiary/aromatic N) is 2. The first kappa shape index (κ1) is 13.9. The summed E-state index contributed by atoms with van der Waals surface area (Å²) in [7, 11) is 0. The van der Waals surface area contributed by atoms with Crippen molar-refractivity contribution in [2.45, 2.75) is 26.2 Å². The molecule has 0 spiro atoms. The second-order valence-corrected chi connectivity index (χ2v) is 5.38. The van der Waals surface area contributed by atoms with E-state index in [0.29, 0.717) is 24.0 Å². The number of piperidine rings is 1. The van der Waals surface area contributed by atoms with Crippen LogP contribution in [0.3, 0.4) is 0 Å². The lowest BCUT2D eigenvalue weighted by Gasteiger charge is -2.29. The Balaban J connectivity index is 1.70. The third kappa shape index (κ3) is 4.24. The number of nitrogens with one attached hydrogen (secondary N) is 2. The Hall–Kier alpha value is -1.56. The molecule has 2 rings (SSSR count). The number of carbonyl (C=O) groups excluding carboxylic acids is 1. The van der Waals surface area contributed by atoms with E-state index < -0.39 is 0 Å². The molecule has 1 unspecified atom stereocenters. The van der Waals surface area contributed by atoms with Crippen molar-refractivity contribution < 1.29 is 4.79 Å². The number of hydrogen-bond donors (Lipinski definition) is 3. The fourth-order valence-corrected chi connectivity index (χ4v) is 2.46. The number of H-pyrrole nitrogens is 1. The number of anilines is 1. The van der Waals surface area contributed by atoms with Gasteiger partial charge in [0.2, 0.25) is 0 Å². The first-order chi connectivity index (χ1) is 9.15. The highest BCUT2D eigenvalue weighted by Crippen LogP contribution is 2.10. The van der Waals surface area contributed by atoms with Gasteiger partial charge in [-0.15, -0.1) is 0 Å². The van der Waals surface area contributed by atoms with Crippen molar-refractivity contribution in [3.63, 3.8) is 0 Å². The standard InChI is InChI=1S/C13H23N5O/c1-10(9-18-5-3-2-4-6-18)8-15-13(19)11-7-12(14)17-16-11/h7,10H,2-6,8-9H2,1H3,(H,15,19)(H3,14,16,17). The fraction of sp³-hybridized carbons (Fsp3) is 0.692. The van der Waals surface area contributed by atoms with Crippen LogP contribution in [0.5, 0.6) is 0 Å². The molecule has 19 heavy (non-hydrogen) atoms. The molecule has 1 aromatic rings. The third-order valence-electron chi connectivity index (χ3n) is 3.47. The maximum atomic E-state index is 11.8. The Labute approximate surface area is 113 Å². The molecule has 0 bridgehead atoms. The molecule has 1 aromatic heterocycles.